The van der Waals surface area contributed by atoms with Gasteiger partial charge in [-0.3, -0.25) is 4.79 Å². The van der Waals surface area contributed by atoms with Crippen LogP contribution in [0.1, 0.15) is 18.4 Å². The molecule has 1 amide bonds. The third-order valence-corrected chi connectivity index (χ3v) is 3.99. The second kappa shape index (κ2) is 3.84. The Hall–Kier alpha value is -1.35. The highest BCUT2D eigenvalue weighted by Gasteiger charge is 2.54. The van der Waals surface area contributed by atoms with E-state index in [4.69, 9.17) is 5.11 Å². The van der Waals surface area contributed by atoms with E-state index in [1.165, 1.54) is 0 Å². The summed E-state index contributed by atoms with van der Waals surface area (Å²) in [5, 5.41) is 8.98. The molecule has 0 atom stereocenters. The summed E-state index contributed by atoms with van der Waals surface area (Å²) in [4.78, 5) is 14.3. The van der Waals surface area contributed by atoms with E-state index < -0.39 is 0 Å². The van der Waals surface area contributed by atoms with E-state index >= 15 is 0 Å². The van der Waals surface area contributed by atoms with Crippen molar-refractivity contribution in [3.63, 3.8) is 0 Å². The van der Waals surface area contributed by atoms with Gasteiger partial charge in [-0.25, -0.2) is 0 Å². The van der Waals surface area contributed by atoms with Gasteiger partial charge in [0.05, 0.1) is 5.41 Å². The third kappa shape index (κ3) is 1.65. The Labute approximate surface area is 101 Å². The van der Waals surface area contributed by atoms with Crippen molar-refractivity contribution >= 4 is 5.91 Å². The van der Waals surface area contributed by atoms with Crippen molar-refractivity contribution < 1.29 is 9.90 Å². The van der Waals surface area contributed by atoms with Gasteiger partial charge in [0.1, 0.15) is 0 Å². The van der Waals surface area contributed by atoms with Gasteiger partial charge < -0.3 is 10.0 Å². The van der Waals surface area contributed by atoms with Crippen LogP contribution in [0.3, 0.4) is 0 Å². The van der Waals surface area contributed by atoms with Gasteiger partial charge in [0.2, 0.25) is 5.91 Å². The first kappa shape index (κ1) is 10.8. The van der Waals surface area contributed by atoms with Crippen molar-refractivity contribution in [2.24, 2.45) is 5.92 Å². The number of benzene rings is 1. The molecule has 0 unspecified atom stereocenters. The van der Waals surface area contributed by atoms with Crippen LogP contribution in [0.5, 0.6) is 0 Å². The van der Waals surface area contributed by atoms with Crippen molar-refractivity contribution in [1.29, 1.82) is 0 Å². The molecular formula is C14H17NO2. The first-order valence-corrected chi connectivity index (χ1v) is 6.22. The Morgan fingerprint density at radius 2 is 1.94 bits per heavy atom. The molecule has 90 valence electrons. The summed E-state index contributed by atoms with van der Waals surface area (Å²) < 4.78 is 0. The lowest BCUT2D eigenvalue weighted by atomic mass is 9.91. The molecule has 1 saturated heterocycles. The third-order valence-electron chi connectivity index (χ3n) is 3.99. The van der Waals surface area contributed by atoms with Gasteiger partial charge in [-0.2, -0.15) is 0 Å². The second-order valence-corrected chi connectivity index (χ2v) is 5.21. The summed E-state index contributed by atoms with van der Waals surface area (Å²) in [5.74, 6) is 0.555. The summed E-state index contributed by atoms with van der Waals surface area (Å²) in [5.41, 5.74) is 0.916. The van der Waals surface area contributed by atoms with Crippen LogP contribution in [0, 0.1) is 5.92 Å². The number of aliphatic hydroxyl groups excluding tert-OH is 1. The molecule has 1 aliphatic heterocycles. The van der Waals surface area contributed by atoms with E-state index in [2.05, 4.69) is 0 Å². The molecule has 17 heavy (non-hydrogen) atoms. The lowest BCUT2D eigenvalue weighted by Crippen LogP contribution is -2.54. The Morgan fingerprint density at radius 1 is 1.29 bits per heavy atom. The van der Waals surface area contributed by atoms with Gasteiger partial charge in [0.15, 0.2) is 0 Å². The van der Waals surface area contributed by atoms with Crippen molar-refractivity contribution in [2.45, 2.75) is 18.3 Å². The fourth-order valence-electron chi connectivity index (χ4n) is 2.66. The van der Waals surface area contributed by atoms with E-state index in [1.807, 2.05) is 35.2 Å². The summed E-state index contributed by atoms with van der Waals surface area (Å²) >= 11 is 0. The number of hydrogen-bond donors (Lipinski definition) is 1. The summed E-state index contributed by atoms with van der Waals surface area (Å²) in [7, 11) is 0. The molecule has 3 nitrogen and oxygen atoms in total. The molecule has 3 heteroatoms. The first-order chi connectivity index (χ1) is 8.26. The molecule has 3 rings (SSSR count). The normalized spacial score (nSPS) is 22.1. The second-order valence-electron chi connectivity index (χ2n) is 5.21. The molecule has 0 spiro atoms. The maximum Gasteiger partial charge on any atom is 0.233 e. The number of carbonyl (C=O) groups excluding carboxylic acids is 1. The Balaban J connectivity index is 1.74. The van der Waals surface area contributed by atoms with Crippen LogP contribution in [0.2, 0.25) is 0 Å². The summed E-state index contributed by atoms with van der Waals surface area (Å²) in [6, 6.07) is 10.1. The van der Waals surface area contributed by atoms with Gasteiger partial charge >= 0.3 is 0 Å². The highest BCUT2D eigenvalue weighted by atomic mass is 16.3. The molecule has 1 aromatic rings. The minimum atomic E-state index is -0.234. The van der Waals surface area contributed by atoms with Crippen molar-refractivity contribution in [3.05, 3.63) is 35.9 Å². The monoisotopic (exact) mass is 231 g/mol. The van der Waals surface area contributed by atoms with Crippen molar-refractivity contribution in [2.75, 3.05) is 19.7 Å². The molecule has 1 aromatic carbocycles. The predicted octanol–water partition coefficient (Wildman–Crippen LogP) is 1.17. The number of likely N-dealkylation sites (tertiary alicyclic amines) is 1. The average Bonchev–Trinajstić information content (AvgIpc) is 3.10. The molecule has 0 aromatic heterocycles. The zero-order valence-electron chi connectivity index (χ0n) is 9.80. The van der Waals surface area contributed by atoms with E-state index in [9.17, 15) is 4.79 Å². The van der Waals surface area contributed by atoms with Gasteiger partial charge in [0.25, 0.3) is 0 Å². The highest BCUT2D eigenvalue weighted by molar-refractivity contribution is 5.91. The van der Waals surface area contributed by atoms with Gasteiger partial charge in [0, 0.05) is 25.6 Å². The van der Waals surface area contributed by atoms with Crippen LogP contribution in [-0.4, -0.2) is 35.6 Å². The van der Waals surface area contributed by atoms with Crippen LogP contribution in [0.15, 0.2) is 30.3 Å². The van der Waals surface area contributed by atoms with Crippen LogP contribution >= 0.6 is 0 Å². The van der Waals surface area contributed by atoms with Gasteiger partial charge in [-0.15, -0.1) is 0 Å². The topological polar surface area (TPSA) is 40.5 Å². The standard InChI is InChI=1S/C14H17NO2/c16-10-11-8-15(9-11)13(17)14(6-7-14)12-4-2-1-3-5-12/h1-5,11,16H,6-10H2. The summed E-state index contributed by atoms with van der Waals surface area (Å²) in [6.45, 7) is 1.65. The van der Waals surface area contributed by atoms with E-state index in [0.717, 1.165) is 31.5 Å². The minimum absolute atomic E-state index is 0.197. The molecule has 0 bridgehead atoms. The number of hydrogen-bond acceptors (Lipinski definition) is 2. The minimum Gasteiger partial charge on any atom is -0.396 e. The maximum absolute atomic E-state index is 12.4. The largest absolute Gasteiger partial charge is 0.396 e. The molecule has 2 fully saturated rings. The Kier molecular flexibility index (Phi) is 2.44. The van der Waals surface area contributed by atoms with Gasteiger partial charge in [-0.1, -0.05) is 30.3 Å². The van der Waals surface area contributed by atoms with E-state index in [0.29, 0.717) is 5.92 Å². The smallest absolute Gasteiger partial charge is 0.233 e. The lowest BCUT2D eigenvalue weighted by Gasteiger charge is -2.40. The van der Waals surface area contributed by atoms with Crippen molar-refractivity contribution in [3.8, 4) is 0 Å². The maximum atomic E-state index is 12.4. The Bertz CT molecular complexity index is 419. The highest BCUT2D eigenvalue weighted by Crippen LogP contribution is 2.50. The fourth-order valence-corrected chi connectivity index (χ4v) is 2.66. The van der Waals surface area contributed by atoms with Crippen LogP contribution in [0.4, 0.5) is 0 Å². The Morgan fingerprint density at radius 3 is 2.47 bits per heavy atom. The van der Waals surface area contributed by atoms with Crippen LogP contribution in [0.25, 0.3) is 0 Å². The van der Waals surface area contributed by atoms with Crippen LogP contribution in [-0.2, 0) is 10.2 Å². The van der Waals surface area contributed by atoms with Gasteiger partial charge in [-0.05, 0) is 18.4 Å². The molecule has 1 saturated carbocycles. The first-order valence-electron chi connectivity index (χ1n) is 6.22. The quantitative estimate of drug-likeness (QED) is 0.848. The zero-order chi connectivity index (χ0) is 11.9. The number of carbonyl (C=O) groups is 1. The van der Waals surface area contributed by atoms with Crippen molar-refractivity contribution in [1.82, 2.24) is 4.90 Å². The van der Waals surface area contributed by atoms with E-state index in [1.54, 1.807) is 0 Å². The number of amides is 1. The lowest BCUT2D eigenvalue weighted by molar-refractivity contribution is -0.141. The zero-order valence-corrected chi connectivity index (χ0v) is 9.80. The fraction of sp³-hybridized carbons (Fsp3) is 0.500. The van der Waals surface area contributed by atoms with Crippen LogP contribution < -0.4 is 0 Å². The number of rotatable bonds is 3. The predicted molar refractivity (Wildman–Crippen MR) is 64.5 cm³/mol. The molecular weight excluding hydrogens is 214 g/mol. The summed E-state index contributed by atoms with van der Waals surface area (Å²) in [6.07, 6.45) is 1.94. The van der Waals surface area contributed by atoms with E-state index in [-0.39, 0.29) is 17.9 Å². The molecule has 1 heterocycles. The molecule has 1 N–H and O–H groups in total. The number of aliphatic hydroxyl groups is 1. The molecule has 1 aliphatic carbocycles. The number of nitrogens with zero attached hydrogens (tertiary/aromatic N) is 1. The molecule has 2 aliphatic rings. The SMILES string of the molecule is O=C(N1CC(CO)C1)C1(c2ccccc2)CC1. The molecule has 0 radical (unpaired) electrons. The average molecular weight is 231 g/mol.